The van der Waals surface area contributed by atoms with E-state index in [1.165, 1.54) is 0 Å². The van der Waals surface area contributed by atoms with Crippen molar-refractivity contribution in [3.63, 3.8) is 0 Å². The van der Waals surface area contributed by atoms with Gasteiger partial charge in [0.05, 0.1) is 11.4 Å². The molecule has 0 saturated carbocycles. The average molecular weight is 453 g/mol. The molecule has 144 valence electrons. The van der Waals surface area contributed by atoms with Crippen molar-refractivity contribution in [2.45, 2.75) is 13.0 Å². The lowest BCUT2D eigenvalue weighted by Crippen LogP contribution is -2.44. The number of ether oxygens (including phenoxy) is 1. The van der Waals surface area contributed by atoms with Crippen molar-refractivity contribution >= 4 is 44.8 Å². The molecule has 0 bridgehead atoms. The summed E-state index contributed by atoms with van der Waals surface area (Å²) in [7, 11) is 2.11. The number of carbonyl (C=O) groups is 1. The van der Waals surface area contributed by atoms with Gasteiger partial charge in [0.15, 0.2) is 6.10 Å². The molecule has 1 heterocycles. The van der Waals surface area contributed by atoms with Crippen LogP contribution >= 0.6 is 27.5 Å². The number of hydrogen-bond donors (Lipinski definition) is 1. The number of carbonyl (C=O) groups excluding carboxylic acids is 1. The standard InChI is InChI=1S/C20H23BrClN3O2/c1-14(27-17-6-3-15(21)4-7-17)20(26)23-18-13-16(22)5-8-19(18)25-11-9-24(2)10-12-25/h3-8,13-14H,9-12H2,1-2H3,(H,23,26)/t14-/m1/s1. The Bertz CT molecular complexity index is 792. The molecule has 1 atom stereocenters. The van der Waals surface area contributed by atoms with E-state index in [0.717, 1.165) is 36.3 Å². The van der Waals surface area contributed by atoms with Crippen LogP contribution in [0.2, 0.25) is 5.02 Å². The summed E-state index contributed by atoms with van der Waals surface area (Å²) in [4.78, 5) is 17.2. The molecule has 5 nitrogen and oxygen atoms in total. The number of hydrogen-bond acceptors (Lipinski definition) is 4. The summed E-state index contributed by atoms with van der Waals surface area (Å²) in [5.74, 6) is 0.432. The molecule has 0 spiro atoms. The van der Waals surface area contributed by atoms with E-state index in [-0.39, 0.29) is 5.91 Å². The molecular formula is C20H23BrClN3O2. The lowest BCUT2D eigenvalue weighted by atomic mass is 10.2. The Balaban J connectivity index is 1.71. The van der Waals surface area contributed by atoms with E-state index in [4.69, 9.17) is 16.3 Å². The van der Waals surface area contributed by atoms with E-state index in [1.54, 1.807) is 13.0 Å². The number of nitrogens with zero attached hydrogens (tertiary/aromatic N) is 2. The maximum atomic E-state index is 12.7. The summed E-state index contributed by atoms with van der Waals surface area (Å²) in [5, 5.41) is 3.57. The molecule has 2 aromatic rings. The number of halogens is 2. The highest BCUT2D eigenvalue weighted by molar-refractivity contribution is 9.10. The summed E-state index contributed by atoms with van der Waals surface area (Å²) in [5.41, 5.74) is 1.69. The number of rotatable bonds is 5. The van der Waals surface area contributed by atoms with Crippen LogP contribution in [0.3, 0.4) is 0 Å². The molecule has 1 aliphatic heterocycles. The third-order valence-corrected chi connectivity index (χ3v) is 5.32. The van der Waals surface area contributed by atoms with Crippen LogP contribution in [-0.4, -0.2) is 50.1 Å². The number of likely N-dealkylation sites (N-methyl/N-ethyl adjacent to an activating group) is 1. The summed E-state index contributed by atoms with van der Waals surface area (Å²) in [6.07, 6.45) is -0.634. The van der Waals surface area contributed by atoms with Gasteiger partial charge in [-0.3, -0.25) is 4.79 Å². The number of benzene rings is 2. The van der Waals surface area contributed by atoms with Crippen LogP contribution in [0.4, 0.5) is 11.4 Å². The molecule has 0 aliphatic carbocycles. The largest absolute Gasteiger partial charge is 0.481 e. The van der Waals surface area contributed by atoms with Crippen LogP contribution in [0, 0.1) is 0 Å². The fourth-order valence-electron chi connectivity index (χ4n) is 2.94. The molecule has 1 aliphatic rings. The van der Waals surface area contributed by atoms with Crippen molar-refractivity contribution in [2.75, 3.05) is 43.4 Å². The van der Waals surface area contributed by atoms with Gasteiger partial charge in [0.1, 0.15) is 5.75 Å². The Kier molecular flexibility index (Phi) is 6.63. The molecule has 0 unspecified atom stereocenters. The summed E-state index contributed by atoms with van der Waals surface area (Å²) in [6.45, 7) is 5.52. The van der Waals surface area contributed by atoms with Gasteiger partial charge in [-0.05, 0) is 56.4 Å². The van der Waals surface area contributed by atoms with E-state index in [0.29, 0.717) is 16.5 Å². The minimum absolute atomic E-state index is 0.212. The van der Waals surface area contributed by atoms with Gasteiger partial charge in [0, 0.05) is 35.7 Å². The second-order valence-electron chi connectivity index (χ2n) is 6.66. The van der Waals surface area contributed by atoms with Crippen LogP contribution in [0.15, 0.2) is 46.9 Å². The Morgan fingerprint density at radius 3 is 2.48 bits per heavy atom. The molecule has 27 heavy (non-hydrogen) atoms. The Morgan fingerprint density at radius 2 is 1.81 bits per heavy atom. The predicted octanol–water partition coefficient (Wildman–Crippen LogP) is 4.26. The Hall–Kier alpha value is -1.76. The van der Waals surface area contributed by atoms with E-state index in [9.17, 15) is 4.79 Å². The van der Waals surface area contributed by atoms with E-state index >= 15 is 0 Å². The number of nitrogens with one attached hydrogen (secondary N) is 1. The molecule has 1 fully saturated rings. The van der Waals surface area contributed by atoms with E-state index in [2.05, 4.69) is 38.1 Å². The highest BCUT2D eigenvalue weighted by atomic mass is 79.9. The molecule has 7 heteroatoms. The first-order chi connectivity index (χ1) is 12.9. The van der Waals surface area contributed by atoms with Gasteiger partial charge in [-0.15, -0.1) is 0 Å². The van der Waals surface area contributed by atoms with Gasteiger partial charge in [-0.2, -0.15) is 0 Å². The maximum absolute atomic E-state index is 12.7. The highest BCUT2D eigenvalue weighted by Gasteiger charge is 2.21. The zero-order chi connectivity index (χ0) is 19.4. The van der Waals surface area contributed by atoms with Gasteiger partial charge in [0.25, 0.3) is 5.91 Å². The van der Waals surface area contributed by atoms with Crippen molar-refractivity contribution in [1.82, 2.24) is 4.90 Å². The Morgan fingerprint density at radius 1 is 1.15 bits per heavy atom. The highest BCUT2D eigenvalue weighted by Crippen LogP contribution is 2.30. The third kappa shape index (κ3) is 5.37. The van der Waals surface area contributed by atoms with Crippen molar-refractivity contribution in [3.8, 4) is 5.75 Å². The third-order valence-electron chi connectivity index (χ3n) is 4.56. The molecule has 1 saturated heterocycles. The number of anilines is 2. The monoisotopic (exact) mass is 451 g/mol. The molecular weight excluding hydrogens is 430 g/mol. The van der Waals surface area contributed by atoms with Gasteiger partial charge < -0.3 is 19.9 Å². The van der Waals surface area contributed by atoms with Gasteiger partial charge in [0.2, 0.25) is 0 Å². The molecule has 1 N–H and O–H groups in total. The fraction of sp³-hybridized carbons (Fsp3) is 0.350. The number of amides is 1. The van der Waals surface area contributed by atoms with Crippen molar-refractivity contribution in [2.24, 2.45) is 0 Å². The zero-order valence-corrected chi connectivity index (χ0v) is 17.8. The Labute approximate surface area is 173 Å². The van der Waals surface area contributed by atoms with E-state index < -0.39 is 6.10 Å². The molecule has 0 radical (unpaired) electrons. The summed E-state index contributed by atoms with van der Waals surface area (Å²) in [6, 6.07) is 13.0. The summed E-state index contributed by atoms with van der Waals surface area (Å²) >= 11 is 9.56. The van der Waals surface area contributed by atoms with Gasteiger partial charge >= 0.3 is 0 Å². The molecule has 0 aromatic heterocycles. The summed E-state index contributed by atoms with van der Waals surface area (Å²) < 4.78 is 6.71. The molecule has 2 aromatic carbocycles. The lowest BCUT2D eigenvalue weighted by molar-refractivity contribution is -0.122. The van der Waals surface area contributed by atoms with Crippen LogP contribution in [-0.2, 0) is 4.79 Å². The maximum Gasteiger partial charge on any atom is 0.265 e. The first-order valence-electron chi connectivity index (χ1n) is 8.88. The van der Waals surface area contributed by atoms with Gasteiger partial charge in [-0.25, -0.2) is 0 Å². The second kappa shape index (κ2) is 8.95. The SMILES string of the molecule is C[C@@H](Oc1ccc(Br)cc1)C(=O)Nc1cc(Cl)ccc1N1CCN(C)CC1. The minimum Gasteiger partial charge on any atom is -0.481 e. The van der Waals surface area contributed by atoms with Crippen LogP contribution in [0.1, 0.15) is 6.92 Å². The van der Waals surface area contributed by atoms with Crippen LogP contribution in [0.25, 0.3) is 0 Å². The quantitative estimate of drug-likeness (QED) is 0.736. The van der Waals surface area contributed by atoms with Crippen molar-refractivity contribution < 1.29 is 9.53 Å². The second-order valence-corrected chi connectivity index (χ2v) is 8.01. The first-order valence-corrected chi connectivity index (χ1v) is 10.1. The van der Waals surface area contributed by atoms with Crippen molar-refractivity contribution in [3.05, 3.63) is 52.0 Å². The smallest absolute Gasteiger partial charge is 0.265 e. The van der Waals surface area contributed by atoms with Crippen LogP contribution in [0.5, 0.6) is 5.75 Å². The fourth-order valence-corrected chi connectivity index (χ4v) is 3.37. The average Bonchev–Trinajstić information content (AvgIpc) is 2.64. The van der Waals surface area contributed by atoms with Gasteiger partial charge in [-0.1, -0.05) is 27.5 Å². The molecule has 3 rings (SSSR count). The lowest BCUT2D eigenvalue weighted by Gasteiger charge is -2.35. The predicted molar refractivity (Wildman–Crippen MR) is 114 cm³/mol. The van der Waals surface area contributed by atoms with E-state index in [1.807, 2.05) is 36.4 Å². The first kappa shape index (κ1) is 20.0. The zero-order valence-electron chi connectivity index (χ0n) is 15.4. The molecule has 1 amide bonds. The topological polar surface area (TPSA) is 44.8 Å². The normalized spacial score (nSPS) is 16.1. The minimum atomic E-state index is -0.634. The number of piperazine rings is 1. The van der Waals surface area contributed by atoms with Crippen molar-refractivity contribution in [1.29, 1.82) is 0 Å². The van der Waals surface area contributed by atoms with Crippen LogP contribution < -0.4 is 15.0 Å².